The molecule has 3 aliphatic rings. The number of allylic oxidation sites excluding steroid dienone is 1. The van der Waals surface area contributed by atoms with Crippen LogP contribution in [-0.4, -0.2) is 29.1 Å². The predicted molar refractivity (Wildman–Crippen MR) is 93.9 cm³/mol. The molecule has 3 atom stereocenters. The number of anilines is 1. The summed E-state index contributed by atoms with van der Waals surface area (Å²) in [5.74, 6) is -1.70. The van der Waals surface area contributed by atoms with Crippen LogP contribution in [0.5, 0.6) is 0 Å². The zero-order valence-electron chi connectivity index (χ0n) is 15.9. The molecule has 1 saturated carbocycles. The van der Waals surface area contributed by atoms with Crippen LogP contribution in [0.2, 0.25) is 0 Å². The molecule has 1 N–H and O–H groups in total. The zero-order valence-corrected chi connectivity index (χ0v) is 15.9. The second-order valence-electron chi connectivity index (χ2n) is 8.75. The summed E-state index contributed by atoms with van der Waals surface area (Å²) in [5, 5.41) is 13.6. The van der Waals surface area contributed by atoms with Gasteiger partial charge in [-0.05, 0) is 36.3 Å². The molecule has 0 radical (unpaired) electrons. The van der Waals surface area contributed by atoms with Crippen LogP contribution in [0.25, 0.3) is 0 Å². The highest BCUT2D eigenvalue weighted by Gasteiger charge is 2.66. The Balaban J connectivity index is 1.81. The normalized spacial score (nSPS) is 31.2. The van der Waals surface area contributed by atoms with Gasteiger partial charge in [0.1, 0.15) is 5.82 Å². The summed E-state index contributed by atoms with van der Waals surface area (Å²) in [6.07, 6.45) is -5.15. The first-order valence-corrected chi connectivity index (χ1v) is 9.39. The lowest BCUT2D eigenvalue weighted by atomic mass is 9.69. The molecule has 1 aromatic carbocycles. The molecule has 0 spiro atoms. The maximum absolute atomic E-state index is 14.5. The molecule has 1 aromatic rings. The molecule has 0 amide bonds. The summed E-state index contributed by atoms with van der Waals surface area (Å²) in [4.78, 5) is 0. The highest BCUT2D eigenvalue weighted by Crippen LogP contribution is 2.71. The first-order valence-electron chi connectivity index (χ1n) is 9.39. The van der Waals surface area contributed by atoms with Gasteiger partial charge in [0, 0.05) is 29.3 Å². The Bertz CT molecular complexity index is 849. The largest absolute Gasteiger partial charge is 0.390 e. The molecule has 1 unspecified atom stereocenters. The quantitative estimate of drug-likeness (QED) is 0.723. The van der Waals surface area contributed by atoms with E-state index in [0.717, 1.165) is 30.0 Å². The molecule has 8 heteroatoms. The van der Waals surface area contributed by atoms with Crippen molar-refractivity contribution in [3.63, 3.8) is 0 Å². The number of aliphatic hydroxyl groups excluding tert-OH is 1. The minimum Gasteiger partial charge on any atom is -0.368 e. The molecule has 3 nitrogen and oxygen atoms in total. The van der Waals surface area contributed by atoms with Crippen molar-refractivity contribution in [2.24, 2.45) is 16.7 Å². The van der Waals surface area contributed by atoms with Gasteiger partial charge in [-0.25, -0.2) is 8.78 Å². The van der Waals surface area contributed by atoms with E-state index in [9.17, 15) is 27.1 Å². The van der Waals surface area contributed by atoms with Gasteiger partial charge in [-0.1, -0.05) is 20.8 Å². The number of hydrazine groups is 1. The monoisotopic (exact) mass is 402 g/mol. The van der Waals surface area contributed by atoms with Crippen LogP contribution in [0.15, 0.2) is 29.5 Å². The van der Waals surface area contributed by atoms with Crippen LogP contribution in [0.1, 0.15) is 40.0 Å². The average Bonchev–Trinajstić information content (AvgIpc) is 3.04. The number of nitrogens with zero attached hydrogens (tertiary/aromatic N) is 2. The first-order chi connectivity index (χ1) is 12.9. The van der Waals surface area contributed by atoms with E-state index in [1.807, 2.05) is 6.92 Å². The predicted octanol–water partition coefficient (Wildman–Crippen LogP) is 4.98. The molecule has 0 saturated heterocycles. The summed E-state index contributed by atoms with van der Waals surface area (Å²) < 4.78 is 66.9. The lowest BCUT2D eigenvalue weighted by molar-refractivity contribution is -0.138. The highest BCUT2D eigenvalue weighted by molar-refractivity contribution is 5.56. The van der Waals surface area contributed by atoms with E-state index in [1.54, 1.807) is 0 Å². The Morgan fingerprint density at radius 2 is 1.86 bits per heavy atom. The molecular formula is C20H23F5N2O. The number of rotatable bonds is 3. The van der Waals surface area contributed by atoms with E-state index in [1.165, 1.54) is 5.01 Å². The summed E-state index contributed by atoms with van der Waals surface area (Å²) in [5.41, 5.74) is 0.554. The highest BCUT2D eigenvalue weighted by atomic mass is 19.4. The van der Waals surface area contributed by atoms with Gasteiger partial charge in [-0.3, -0.25) is 10.0 Å². The van der Waals surface area contributed by atoms with Crippen molar-refractivity contribution < 1.29 is 27.1 Å². The Morgan fingerprint density at radius 3 is 2.46 bits per heavy atom. The van der Waals surface area contributed by atoms with Gasteiger partial charge in [0.2, 0.25) is 0 Å². The molecule has 1 aliphatic heterocycles. The summed E-state index contributed by atoms with van der Waals surface area (Å²) in [6.45, 7) is 5.71. The lowest BCUT2D eigenvalue weighted by Gasteiger charge is -2.45. The smallest absolute Gasteiger partial charge is 0.368 e. The van der Waals surface area contributed by atoms with Gasteiger partial charge >= 0.3 is 6.18 Å². The van der Waals surface area contributed by atoms with E-state index < -0.39 is 42.4 Å². The Morgan fingerprint density at radius 1 is 1.18 bits per heavy atom. The number of benzene rings is 1. The van der Waals surface area contributed by atoms with Gasteiger partial charge in [0.25, 0.3) is 0 Å². The zero-order chi connectivity index (χ0) is 20.6. The van der Waals surface area contributed by atoms with Crippen molar-refractivity contribution in [1.82, 2.24) is 5.01 Å². The Hall–Kier alpha value is -1.83. The number of hydrogen-bond acceptors (Lipinski definition) is 3. The average molecular weight is 402 g/mol. The second kappa shape index (κ2) is 5.84. The molecule has 1 heterocycles. The van der Waals surface area contributed by atoms with Crippen molar-refractivity contribution >= 4 is 5.69 Å². The minimum atomic E-state index is -4.39. The molecule has 4 rings (SSSR count). The third kappa shape index (κ3) is 2.49. The van der Waals surface area contributed by atoms with Crippen molar-refractivity contribution in [3.05, 3.63) is 41.1 Å². The third-order valence-electron chi connectivity index (χ3n) is 7.19. The van der Waals surface area contributed by atoms with Crippen LogP contribution in [0, 0.1) is 28.4 Å². The van der Waals surface area contributed by atoms with Gasteiger partial charge in [0.05, 0.1) is 12.1 Å². The van der Waals surface area contributed by atoms with Gasteiger partial charge in [-0.15, -0.1) is 0 Å². The number of hydrogen-bond donors (Lipinski definition) is 1. The van der Waals surface area contributed by atoms with Crippen LogP contribution >= 0.6 is 0 Å². The standard InChI is InChI=1S/C20H23F5N2O/c1-18(2)12-6-7-19(18,3)16-15(12)17(28)27(26(16)9-8-20(23,24)25)14-5-4-11(21)10-13(14)22/h4-5,10,12,17,28H,6-9H2,1-3H3/t12-,17?,19+/m1/s1. The SMILES string of the molecule is CC1(C)[C@@H]2CC[C@@]1(C)C1=C2C(O)N(c2ccc(F)cc2F)N1CCC(F)(F)F. The summed E-state index contributed by atoms with van der Waals surface area (Å²) in [6, 6.07) is 2.87. The fraction of sp³-hybridized carbons (Fsp3) is 0.600. The molecule has 0 aromatic heterocycles. The molecular weight excluding hydrogens is 379 g/mol. The van der Waals surface area contributed by atoms with Crippen LogP contribution in [-0.2, 0) is 0 Å². The fourth-order valence-corrected chi connectivity index (χ4v) is 5.44. The van der Waals surface area contributed by atoms with E-state index >= 15 is 0 Å². The molecule has 28 heavy (non-hydrogen) atoms. The summed E-state index contributed by atoms with van der Waals surface area (Å²) in [7, 11) is 0. The van der Waals surface area contributed by atoms with E-state index in [2.05, 4.69) is 13.8 Å². The van der Waals surface area contributed by atoms with Crippen LogP contribution in [0.3, 0.4) is 0 Å². The third-order valence-corrected chi connectivity index (χ3v) is 7.19. The molecule has 2 bridgehead atoms. The van der Waals surface area contributed by atoms with Gasteiger partial charge in [0.15, 0.2) is 12.0 Å². The number of fused-ring (bicyclic) bond motifs is 4. The topological polar surface area (TPSA) is 26.7 Å². The fourth-order valence-electron chi connectivity index (χ4n) is 5.44. The van der Waals surface area contributed by atoms with Gasteiger partial charge in [-0.2, -0.15) is 13.2 Å². The van der Waals surface area contributed by atoms with E-state index in [4.69, 9.17) is 0 Å². The van der Waals surface area contributed by atoms with E-state index in [-0.39, 0.29) is 17.0 Å². The molecule has 154 valence electrons. The van der Waals surface area contributed by atoms with Crippen molar-refractivity contribution in [3.8, 4) is 0 Å². The Labute approximate surface area is 160 Å². The summed E-state index contributed by atoms with van der Waals surface area (Å²) >= 11 is 0. The van der Waals surface area contributed by atoms with Crippen molar-refractivity contribution in [2.45, 2.75) is 52.4 Å². The number of alkyl halides is 3. The second-order valence-corrected chi connectivity index (χ2v) is 8.75. The lowest BCUT2D eigenvalue weighted by Crippen LogP contribution is -2.49. The van der Waals surface area contributed by atoms with Crippen LogP contribution in [0.4, 0.5) is 27.6 Å². The van der Waals surface area contributed by atoms with Crippen molar-refractivity contribution in [1.29, 1.82) is 0 Å². The minimum absolute atomic E-state index is 0.00407. The van der Waals surface area contributed by atoms with E-state index in [0.29, 0.717) is 17.3 Å². The number of aliphatic hydroxyl groups is 1. The maximum Gasteiger partial charge on any atom is 0.390 e. The molecule has 1 fully saturated rings. The van der Waals surface area contributed by atoms with Crippen molar-refractivity contribution in [2.75, 3.05) is 11.6 Å². The Kier molecular flexibility index (Phi) is 4.07. The molecule has 2 aliphatic carbocycles. The van der Waals surface area contributed by atoms with Gasteiger partial charge < -0.3 is 5.11 Å². The maximum atomic E-state index is 14.5. The first kappa shape index (κ1) is 19.5. The number of halogens is 5. The van der Waals surface area contributed by atoms with Crippen LogP contribution < -0.4 is 5.01 Å².